The number of likely N-dealkylation sites (tertiary alicyclic amines) is 1. The molecule has 2 aliphatic rings. The van der Waals surface area contributed by atoms with Crippen LogP contribution in [0.5, 0.6) is 11.5 Å². The minimum absolute atomic E-state index is 0.0516. The molecule has 204 valence electrons. The van der Waals surface area contributed by atoms with Crippen molar-refractivity contribution in [1.29, 1.82) is 0 Å². The molecule has 2 fully saturated rings. The molecule has 2 heterocycles. The number of ether oxygens (including phenoxy) is 3. The van der Waals surface area contributed by atoms with Gasteiger partial charge in [-0.1, -0.05) is 12.1 Å². The van der Waals surface area contributed by atoms with Gasteiger partial charge in [-0.3, -0.25) is 9.59 Å². The molecular weight excluding hydrogens is 500 g/mol. The number of pyridine rings is 1. The summed E-state index contributed by atoms with van der Waals surface area (Å²) in [7, 11) is 3.23. The summed E-state index contributed by atoms with van der Waals surface area (Å²) in [6, 6.07) is 8.78. The first kappa shape index (κ1) is 27.3. The summed E-state index contributed by atoms with van der Waals surface area (Å²) < 4.78 is 41.7. The Hall–Kier alpha value is -3.76. The number of aromatic nitrogens is 1. The molecule has 0 N–H and O–H groups in total. The average molecular weight is 532 g/mol. The molecule has 1 aliphatic carbocycles. The van der Waals surface area contributed by atoms with E-state index in [4.69, 9.17) is 9.47 Å². The lowest BCUT2D eigenvalue weighted by Crippen LogP contribution is -2.40. The van der Waals surface area contributed by atoms with Crippen molar-refractivity contribution in [3.8, 4) is 11.5 Å². The molecule has 1 saturated carbocycles. The fraction of sp³-hybridized carbons (Fsp3) is 0.481. The highest BCUT2D eigenvalue weighted by atomic mass is 19.3. The summed E-state index contributed by atoms with van der Waals surface area (Å²) in [5.41, 5.74) is 1.38. The topological polar surface area (TPSA) is 98.3 Å². The van der Waals surface area contributed by atoms with Crippen LogP contribution in [-0.4, -0.2) is 72.5 Å². The van der Waals surface area contributed by atoms with Gasteiger partial charge in [0.15, 0.2) is 11.5 Å². The molecule has 1 aromatic heterocycles. The number of esters is 1. The molecule has 4 rings (SSSR count). The maximum atomic E-state index is 13.0. The number of hydrogen-bond acceptors (Lipinski definition) is 7. The third kappa shape index (κ3) is 6.76. The van der Waals surface area contributed by atoms with Crippen molar-refractivity contribution in [1.82, 2.24) is 14.8 Å². The van der Waals surface area contributed by atoms with E-state index in [1.807, 2.05) is 0 Å². The van der Waals surface area contributed by atoms with Gasteiger partial charge in [0.1, 0.15) is 18.3 Å². The first-order chi connectivity index (χ1) is 18.1. The van der Waals surface area contributed by atoms with Crippen molar-refractivity contribution >= 4 is 17.8 Å². The van der Waals surface area contributed by atoms with Gasteiger partial charge in [0.05, 0.1) is 12.3 Å². The van der Waals surface area contributed by atoms with E-state index in [1.165, 1.54) is 22.8 Å². The second-order valence-electron chi connectivity index (χ2n) is 9.78. The maximum Gasteiger partial charge on any atom is 0.387 e. The minimum Gasteiger partial charge on any atom is -0.489 e. The van der Waals surface area contributed by atoms with Crippen molar-refractivity contribution in [2.24, 2.45) is 5.92 Å². The van der Waals surface area contributed by atoms with Gasteiger partial charge in [-0.2, -0.15) is 8.78 Å². The predicted octanol–water partition coefficient (Wildman–Crippen LogP) is 3.62. The SMILES string of the molecule is CC(=O)N1CC(c2ccc(OC(F)F)c(OCC3CC3)c2)C[C@@H]1C(=O)OCc1cccc(C(=O)N(C)C)n1. The molecule has 38 heavy (non-hydrogen) atoms. The molecule has 0 bridgehead atoms. The quantitative estimate of drug-likeness (QED) is 0.432. The number of hydrogen-bond donors (Lipinski definition) is 0. The van der Waals surface area contributed by atoms with Crippen molar-refractivity contribution in [2.75, 3.05) is 27.2 Å². The third-order valence-electron chi connectivity index (χ3n) is 6.60. The largest absolute Gasteiger partial charge is 0.489 e. The summed E-state index contributed by atoms with van der Waals surface area (Å²) >= 11 is 0. The Balaban J connectivity index is 1.45. The number of nitrogens with zero attached hydrogens (tertiary/aromatic N) is 3. The summed E-state index contributed by atoms with van der Waals surface area (Å²) in [6.45, 7) is -1.09. The van der Waals surface area contributed by atoms with Gasteiger partial charge in [0, 0.05) is 33.5 Å². The van der Waals surface area contributed by atoms with Gasteiger partial charge in [0.2, 0.25) is 5.91 Å². The van der Waals surface area contributed by atoms with Gasteiger partial charge >= 0.3 is 12.6 Å². The first-order valence-electron chi connectivity index (χ1n) is 12.4. The number of halogens is 2. The molecule has 2 atom stereocenters. The number of alkyl halides is 2. The Morgan fingerprint density at radius 1 is 1.13 bits per heavy atom. The monoisotopic (exact) mass is 531 g/mol. The van der Waals surface area contributed by atoms with E-state index in [2.05, 4.69) is 9.72 Å². The fourth-order valence-electron chi connectivity index (χ4n) is 4.38. The van der Waals surface area contributed by atoms with Gasteiger partial charge in [0.25, 0.3) is 5.91 Å². The number of benzene rings is 1. The summed E-state index contributed by atoms with van der Waals surface area (Å²) in [4.78, 5) is 44.6. The molecule has 1 aliphatic heterocycles. The van der Waals surface area contributed by atoms with Crippen LogP contribution >= 0.6 is 0 Å². The normalized spacial score (nSPS) is 18.8. The van der Waals surface area contributed by atoms with Crippen molar-refractivity contribution in [3.63, 3.8) is 0 Å². The third-order valence-corrected chi connectivity index (χ3v) is 6.60. The lowest BCUT2D eigenvalue weighted by atomic mass is 9.96. The van der Waals surface area contributed by atoms with Crippen molar-refractivity contribution in [3.05, 3.63) is 53.3 Å². The lowest BCUT2D eigenvalue weighted by molar-refractivity contribution is -0.154. The van der Waals surface area contributed by atoms with E-state index in [-0.39, 0.29) is 48.1 Å². The Morgan fingerprint density at radius 3 is 2.55 bits per heavy atom. The molecular formula is C27H31F2N3O6. The predicted molar refractivity (Wildman–Crippen MR) is 132 cm³/mol. The second kappa shape index (κ2) is 11.7. The Labute approximate surface area is 219 Å². The zero-order chi connectivity index (χ0) is 27.4. The van der Waals surface area contributed by atoms with E-state index in [0.717, 1.165) is 18.4 Å². The molecule has 9 nitrogen and oxygen atoms in total. The van der Waals surface area contributed by atoms with Crippen molar-refractivity contribution < 1.29 is 37.4 Å². The van der Waals surface area contributed by atoms with E-state index in [9.17, 15) is 23.2 Å². The van der Waals surface area contributed by atoms with Crippen LogP contribution in [0.25, 0.3) is 0 Å². The second-order valence-corrected chi connectivity index (χ2v) is 9.78. The van der Waals surface area contributed by atoms with Gasteiger partial charge in [-0.05, 0) is 55.0 Å². The van der Waals surface area contributed by atoms with E-state index in [1.54, 1.807) is 44.4 Å². The molecule has 11 heteroatoms. The van der Waals surface area contributed by atoms with Crippen LogP contribution in [0.2, 0.25) is 0 Å². The highest BCUT2D eigenvalue weighted by molar-refractivity contribution is 5.91. The van der Waals surface area contributed by atoms with Crippen LogP contribution in [0.1, 0.15) is 53.8 Å². The minimum atomic E-state index is -2.99. The number of carbonyl (C=O) groups is 3. The van der Waals surface area contributed by atoms with E-state index < -0.39 is 18.6 Å². The smallest absolute Gasteiger partial charge is 0.387 e. The molecule has 1 aromatic carbocycles. The molecule has 0 radical (unpaired) electrons. The fourth-order valence-corrected chi connectivity index (χ4v) is 4.38. The van der Waals surface area contributed by atoms with Crippen LogP contribution in [0, 0.1) is 5.92 Å². The molecule has 0 spiro atoms. The summed E-state index contributed by atoms with van der Waals surface area (Å²) in [5.74, 6) is -0.805. The van der Waals surface area contributed by atoms with Gasteiger partial charge in [-0.25, -0.2) is 9.78 Å². The van der Waals surface area contributed by atoms with Crippen LogP contribution in [-0.2, 0) is 20.9 Å². The number of carbonyl (C=O) groups excluding carboxylic acids is 3. The molecule has 1 unspecified atom stereocenters. The maximum absolute atomic E-state index is 13.0. The highest BCUT2D eigenvalue weighted by Gasteiger charge is 2.40. The Morgan fingerprint density at radius 2 is 1.89 bits per heavy atom. The molecule has 1 saturated heterocycles. The Kier molecular flexibility index (Phi) is 8.43. The van der Waals surface area contributed by atoms with Crippen LogP contribution in [0.15, 0.2) is 36.4 Å². The number of amides is 2. The Bertz CT molecular complexity index is 1190. The molecule has 2 amide bonds. The van der Waals surface area contributed by atoms with Gasteiger partial charge < -0.3 is 24.0 Å². The molecule has 2 aromatic rings. The summed E-state index contributed by atoms with van der Waals surface area (Å²) in [6.07, 6.45) is 2.37. The van der Waals surface area contributed by atoms with Crippen molar-refractivity contribution in [2.45, 2.75) is 51.4 Å². The zero-order valence-electron chi connectivity index (χ0n) is 21.6. The highest BCUT2D eigenvalue weighted by Crippen LogP contribution is 2.39. The summed E-state index contributed by atoms with van der Waals surface area (Å²) in [5, 5.41) is 0. The standard InChI is InChI=1S/C27H31F2N3O6/c1-16(33)32-13-19(18-9-10-23(38-27(28)29)24(12-18)36-14-17-7-8-17)11-22(32)26(35)37-15-20-5-4-6-21(30-20)25(34)31(2)3/h4-6,9-10,12,17,19,22,27H,7-8,11,13-15H2,1-3H3/t19?,22-/m1/s1. The lowest BCUT2D eigenvalue weighted by Gasteiger charge is -2.21. The van der Waals surface area contributed by atoms with E-state index in [0.29, 0.717) is 24.6 Å². The first-order valence-corrected chi connectivity index (χ1v) is 12.4. The van der Waals surface area contributed by atoms with Crippen LogP contribution in [0.3, 0.4) is 0 Å². The van der Waals surface area contributed by atoms with Gasteiger partial charge in [-0.15, -0.1) is 0 Å². The van der Waals surface area contributed by atoms with Crippen LogP contribution in [0.4, 0.5) is 8.78 Å². The zero-order valence-corrected chi connectivity index (χ0v) is 21.6. The number of rotatable bonds is 10. The average Bonchev–Trinajstić information content (AvgIpc) is 3.60. The van der Waals surface area contributed by atoms with E-state index >= 15 is 0 Å². The van der Waals surface area contributed by atoms with Crippen LogP contribution < -0.4 is 9.47 Å².